The number of ether oxygens (including phenoxy) is 2. The summed E-state index contributed by atoms with van der Waals surface area (Å²) in [6, 6.07) is 3.49. The summed E-state index contributed by atoms with van der Waals surface area (Å²) in [5, 5.41) is 15.4. The molecule has 0 aromatic heterocycles. The number of halogens is 1. The van der Waals surface area contributed by atoms with Gasteiger partial charge in [0.25, 0.3) is 0 Å². The summed E-state index contributed by atoms with van der Waals surface area (Å²) in [5.41, 5.74) is 0.899. The zero-order chi connectivity index (χ0) is 15.0. The van der Waals surface area contributed by atoms with E-state index in [-0.39, 0.29) is 18.2 Å². The predicted octanol–water partition coefficient (Wildman–Crippen LogP) is 1.02. The fraction of sp³-hybridized carbons (Fsp3) is 0.462. The molecule has 112 valence electrons. The largest absolute Gasteiger partial charge is 0.503 e. The number of rotatable bonds is 8. The monoisotopic (exact) mass is 346 g/mol. The van der Waals surface area contributed by atoms with Crippen LogP contribution in [0.15, 0.2) is 16.6 Å². The first kappa shape index (κ1) is 16.7. The number of phenols is 1. The van der Waals surface area contributed by atoms with Crippen LogP contribution >= 0.6 is 15.9 Å². The summed E-state index contributed by atoms with van der Waals surface area (Å²) in [4.78, 5) is 11.4. The molecule has 0 heterocycles. The summed E-state index contributed by atoms with van der Waals surface area (Å²) in [7, 11) is 3.07. The van der Waals surface area contributed by atoms with Crippen molar-refractivity contribution in [1.82, 2.24) is 10.6 Å². The molecule has 20 heavy (non-hydrogen) atoms. The van der Waals surface area contributed by atoms with Crippen LogP contribution in [0.25, 0.3) is 0 Å². The van der Waals surface area contributed by atoms with Gasteiger partial charge >= 0.3 is 0 Å². The van der Waals surface area contributed by atoms with Gasteiger partial charge in [0.2, 0.25) is 5.91 Å². The van der Waals surface area contributed by atoms with Gasteiger partial charge in [0.1, 0.15) is 0 Å². The fourth-order valence-corrected chi connectivity index (χ4v) is 2.05. The lowest BCUT2D eigenvalue weighted by Crippen LogP contribution is -2.35. The van der Waals surface area contributed by atoms with E-state index in [4.69, 9.17) is 9.47 Å². The van der Waals surface area contributed by atoms with Crippen LogP contribution in [0.3, 0.4) is 0 Å². The molecule has 0 spiro atoms. The first-order valence-corrected chi connectivity index (χ1v) is 6.89. The Morgan fingerprint density at radius 3 is 2.80 bits per heavy atom. The molecule has 7 heteroatoms. The maximum absolute atomic E-state index is 11.4. The van der Waals surface area contributed by atoms with E-state index in [0.29, 0.717) is 29.9 Å². The molecule has 0 saturated heterocycles. The highest BCUT2D eigenvalue weighted by Gasteiger charge is 2.08. The number of carbonyl (C=O) groups is 1. The molecular formula is C13H19BrN2O4. The Balaban J connectivity index is 2.42. The Kier molecular flexibility index (Phi) is 7.35. The normalized spacial score (nSPS) is 10.3. The first-order valence-electron chi connectivity index (χ1n) is 6.10. The second-order valence-corrected chi connectivity index (χ2v) is 4.93. The summed E-state index contributed by atoms with van der Waals surface area (Å²) in [5.74, 6) is 0.362. The molecule has 0 saturated carbocycles. The minimum Gasteiger partial charge on any atom is -0.503 e. The Bertz CT molecular complexity index is 454. The van der Waals surface area contributed by atoms with Crippen molar-refractivity contribution >= 4 is 21.8 Å². The van der Waals surface area contributed by atoms with Crippen molar-refractivity contribution in [2.24, 2.45) is 0 Å². The van der Waals surface area contributed by atoms with E-state index in [1.807, 2.05) is 0 Å². The van der Waals surface area contributed by atoms with Crippen LogP contribution in [0, 0.1) is 0 Å². The summed E-state index contributed by atoms with van der Waals surface area (Å²) in [6.45, 7) is 1.70. The molecule has 1 aromatic carbocycles. The average molecular weight is 347 g/mol. The lowest BCUT2D eigenvalue weighted by atomic mass is 10.2. The molecule has 0 fully saturated rings. The molecule has 0 unspecified atom stereocenters. The molecular weight excluding hydrogens is 328 g/mol. The van der Waals surface area contributed by atoms with Crippen LogP contribution in [0.4, 0.5) is 0 Å². The van der Waals surface area contributed by atoms with Gasteiger partial charge in [0.05, 0.1) is 24.7 Å². The third-order valence-corrected chi connectivity index (χ3v) is 3.16. The fourth-order valence-electron chi connectivity index (χ4n) is 1.56. The van der Waals surface area contributed by atoms with Crippen LogP contribution in [0.2, 0.25) is 0 Å². The van der Waals surface area contributed by atoms with E-state index in [1.54, 1.807) is 19.2 Å². The number of hydrogen-bond acceptors (Lipinski definition) is 5. The molecule has 1 amide bonds. The van der Waals surface area contributed by atoms with Crippen LogP contribution in [0.1, 0.15) is 5.56 Å². The standard InChI is InChI=1S/C13H19BrN2O4/c1-19-4-3-16-12(17)8-15-7-9-5-10(14)13(18)11(6-9)20-2/h5-6,15,18H,3-4,7-8H2,1-2H3,(H,16,17). The average Bonchev–Trinajstić information content (AvgIpc) is 2.42. The van der Waals surface area contributed by atoms with E-state index < -0.39 is 0 Å². The van der Waals surface area contributed by atoms with Crippen molar-refractivity contribution in [2.45, 2.75) is 6.54 Å². The van der Waals surface area contributed by atoms with Gasteiger partial charge < -0.3 is 25.2 Å². The van der Waals surface area contributed by atoms with E-state index >= 15 is 0 Å². The van der Waals surface area contributed by atoms with Gasteiger partial charge in [-0.3, -0.25) is 4.79 Å². The van der Waals surface area contributed by atoms with Gasteiger partial charge in [-0.05, 0) is 33.6 Å². The molecule has 1 aromatic rings. The highest BCUT2D eigenvalue weighted by Crippen LogP contribution is 2.35. The molecule has 0 bridgehead atoms. The third-order valence-electron chi connectivity index (χ3n) is 2.55. The Hall–Kier alpha value is -1.31. The van der Waals surface area contributed by atoms with E-state index in [2.05, 4.69) is 26.6 Å². The number of carbonyl (C=O) groups excluding carboxylic acids is 1. The van der Waals surface area contributed by atoms with Crippen LogP contribution < -0.4 is 15.4 Å². The van der Waals surface area contributed by atoms with Crippen molar-refractivity contribution in [3.8, 4) is 11.5 Å². The highest BCUT2D eigenvalue weighted by molar-refractivity contribution is 9.10. The quantitative estimate of drug-likeness (QED) is 0.612. The number of nitrogens with one attached hydrogen (secondary N) is 2. The number of phenolic OH excluding ortho intramolecular Hbond substituents is 1. The number of methoxy groups -OCH3 is 2. The van der Waals surface area contributed by atoms with Gasteiger partial charge in [0, 0.05) is 20.2 Å². The smallest absolute Gasteiger partial charge is 0.234 e. The molecule has 0 aliphatic heterocycles. The number of aromatic hydroxyl groups is 1. The van der Waals surface area contributed by atoms with Gasteiger partial charge in [-0.25, -0.2) is 0 Å². The zero-order valence-electron chi connectivity index (χ0n) is 11.5. The topological polar surface area (TPSA) is 79.8 Å². The Labute approximate surface area is 126 Å². The second kappa shape index (κ2) is 8.78. The summed E-state index contributed by atoms with van der Waals surface area (Å²) in [6.07, 6.45) is 0. The number of hydrogen-bond donors (Lipinski definition) is 3. The summed E-state index contributed by atoms with van der Waals surface area (Å²) < 4.78 is 10.5. The molecule has 3 N–H and O–H groups in total. The van der Waals surface area contributed by atoms with E-state index in [9.17, 15) is 9.90 Å². The van der Waals surface area contributed by atoms with Crippen molar-refractivity contribution in [3.63, 3.8) is 0 Å². The van der Waals surface area contributed by atoms with Crippen molar-refractivity contribution in [2.75, 3.05) is 33.9 Å². The maximum Gasteiger partial charge on any atom is 0.234 e. The first-order chi connectivity index (χ1) is 9.58. The lowest BCUT2D eigenvalue weighted by molar-refractivity contribution is -0.120. The van der Waals surface area contributed by atoms with Crippen LogP contribution in [-0.4, -0.2) is 44.9 Å². The number of benzene rings is 1. The molecule has 0 radical (unpaired) electrons. The zero-order valence-corrected chi connectivity index (χ0v) is 13.1. The third kappa shape index (κ3) is 5.36. The van der Waals surface area contributed by atoms with Gasteiger partial charge in [-0.2, -0.15) is 0 Å². The van der Waals surface area contributed by atoms with Crippen molar-refractivity contribution in [3.05, 3.63) is 22.2 Å². The minimum atomic E-state index is -0.0909. The molecule has 6 nitrogen and oxygen atoms in total. The van der Waals surface area contributed by atoms with Crippen LogP contribution in [0.5, 0.6) is 11.5 Å². The van der Waals surface area contributed by atoms with Crippen molar-refractivity contribution < 1.29 is 19.4 Å². The predicted molar refractivity (Wildman–Crippen MR) is 79.0 cm³/mol. The minimum absolute atomic E-state index is 0.0635. The molecule has 0 atom stereocenters. The van der Waals surface area contributed by atoms with Gasteiger partial charge in [0.15, 0.2) is 11.5 Å². The maximum atomic E-state index is 11.4. The van der Waals surface area contributed by atoms with Crippen molar-refractivity contribution in [1.29, 1.82) is 0 Å². The van der Waals surface area contributed by atoms with E-state index in [1.165, 1.54) is 7.11 Å². The summed E-state index contributed by atoms with van der Waals surface area (Å²) >= 11 is 3.25. The highest BCUT2D eigenvalue weighted by atomic mass is 79.9. The lowest BCUT2D eigenvalue weighted by Gasteiger charge is -2.10. The second-order valence-electron chi connectivity index (χ2n) is 4.07. The number of amides is 1. The SMILES string of the molecule is COCCNC(=O)CNCc1cc(Br)c(O)c(OC)c1. The molecule has 1 rings (SSSR count). The van der Waals surface area contributed by atoms with Gasteiger partial charge in [-0.15, -0.1) is 0 Å². The van der Waals surface area contributed by atoms with Gasteiger partial charge in [-0.1, -0.05) is 0 Å². The molecule has 0 aliphatic carbocycles. The Morgan fingerprint density at radius 1 is 1.40 bits per heavy atom. The molecule has 0 aliphatic rings. The van der Waals surface area contributed by atoms with E-state index in [0.717, 1.165) is 5.56 Å². The Morgan fingerprint density at radius 2 is 2.15 bits per heavy atom. The van der Waals surface area contributed by atoms with Crippen LogP contribution in [-0.2, 0) is 16.1 Å².